The van der Waals surface area contributed by atoms with Crippen molar-refractivity contribution in [2.45, 2.75) is 85.5 Å². The fourth-order valence-electron chi connectivity index (χ4n) is 3.53. The van der Waals surface area contributed by atoms with Crippen LogP contribution in [0.3, 0.4) is 0 Å². The molecule has 0 amide bonds. The van der Waals surface area contributed by atoms with Gasteiger partial charge in [-0.15, -0.1) is 0 Å². The van der Waals surface area contributed by atoms with Crippen LogP contribution in [0.1, 0.15) is 104 Å². The van der Waals surface area contributed by atoms with Crippen LogP contribution in [0.15, 0.2) is 24.3 Å². The molecular formula is C27H40O8. The number of hydrogen-bond acceptors (Lipinski definition) is 6. The Bertz CT molecular complexity index is 937. The topological polar surface area (TPSA) is 156 Å². The summed E-state index contributed by atoms with van der Waals surface area (Å²) >= 11 is 0. The highest BCUT2D eigenvalue weighted by atomic mass is 16.4. The van der Waals surface area contributed by atoms with Crippen LogP contribution in [0.4, 0.5) is 0 Å². The second kappa shape index (κ2) is 17.1. The number of phenolic OH excluding ortho intramolecular Hbond substituents is 2. The minimum atomic E-state index is -1.16. The van der Waals surface area contributed by atoms with Gasteiger partial charge in [-0.05, 0) is 48.9 Å². The van der Waals surface area contributed by atoms with E-state index in [9.17, 15) is 30.0 Å². The van der Waals surface area contributed by atoms with E-state index >= 15 is 0 Å². The van der Waals surface area contributed by atoms with E-state index < -0.39 is 11.9 Å². The molecule has 0 aliphatic rings. The first-order valence-corrected chi connectivity index (χ1v) is 12.2. The van der Waals surface area contributed by atoms with E-state index in [1.165, 1.54) is 12.1 Å². The number of hydrogen-bond donors (Lipinski definition) is 6. The summed E-state index contributed by atoms with van der Waals surface area (Å²) in [5, 5.41) is 55.6. The lowest BCUT2D eigenvalue weighted by molar-refractivity contribution is 0.0681. The molecule has 0 bridgehead atoms. The van der Waals surface area contributed by atoms with Crippen LogP contribution in [-0.4, -0.2) is 42.6 Å². The maximum absolute atomic E-state index is 11.0. The second-order valence-corrected chi connectivity index (χ2v) is 7.88. The fourth-order valence-corrected chi connectivity index (χ4v) is 3.53. The maximum atomic E-state index is 11.0. The Labute approximate surface area is 207 Å². The number of carboxylic acids is 2. The maximum Gasteiger partial charge on any atom is 0.339 e. The quantitative estimate of drug-likeness (QED) is 0.195. The van der Waals surface area contributed by atoms with Gasteiger partial charge in [0.05, 0.1) is 0 Å². The molecule has 0 radical (unpaired) electrons. The Kier molecular flexibility index (Phi) is 15.4. The van der Waals surface area contributed by atoms with E-state index in [-0.39, 0.29) is 34.1 Å². The minimum absolute atomic E-state index is 0.0979. The first kappa shape index (κ1) is 31.6. The normalized spacial score (nSPS) is 9.94. The zero-order valence-corrected chi connectivity index (χ0v) is 21.2. The minimum Gasteiger partial charge on any atom is -0.508 e. The molecule has 0 spiro atoms. The van der Waals surface area contributed by atoms with Crippen molar-refractivity contribution in [1.29, 1.82) is 0 Å². The summed E-state index contributed by atoms with van der Waals surface area (Å²) in [6.45, 7) is 8.15. The molecule has 0 aliphatic heterocycles. The summed E-state index contributed by atoms with van der Waals surface area (Å²) in [6, 6.07) is 4.92. The average molecular weight is 493 g/mol. The third kappa shape index (κ3) is 11.0. The predicted molar refractivity (Wildman–Crippen MR) is 136 cm³/mol. The monoisotopic (exact) mass is 492 g/mol. The van der Waals surface area contributed by atoms with Gasteiger partial charge in [-0.2, -0.15) is 0 Å². The number of carboxylic acid groups (broad SMARTS) is 2. The Morgan fingerprint density at radius 3 is 1.29 bits per heavy atom. The zero-order chi connectivity index (χ0) is 27.0. The van der Waals surface area contributed by atoms with Crippen molar-refractivity contribution in [2.24, 2.45) is 0 Å². The molecule has 2 rings (SSSR count). The number of aromatic hydroxyl groups is 4. The number of benzene rings is 2. The molecule has 35 heavy (non-hydrogen) atoms. The van der Waals surface area contributed by atoms with Gasteiger partial charge in [0.2, 0.25) is 0 Å². The smallest absolute Gasteiger partial charge is 0.339 e. The number of aryl methyl sites for hydroxylation is 2. The summed E-state index contributed by atoms with van der Waals surface area (Å²) in [6.07, 6.45) is 8.08. The molecule has 0 heterocycles. The van der Waals surface area contributed by atoms with Crippen LogP contribution in [0, 0.1) is 0 Å². The Hall–Kier alpha value is -3.42. The van der Waals surface area contributed by atoms with E-state index in [0.717, 1.165) is 57.1 Å². The third-order valence-corrected chi connectivity index (χ3v) is 5.15. The van der Waals surface area contributed by atoms with Crippen LogP contribution in [-0.2, 0) is 12.8 Å². The molecule has 0 saturated carbocycles. The molecule has 0 fully saturated rings. The van der Waals surface area contributed by atoms with E-state index in [2.05, 4.69) is 13.8 Å². The molecule has 0 aromatic heterocycles. The lowest BCUT2D eigenvalue weighted by Gasteiger charge is -2.08. The summed E-state index contributed by atoms with van der Waals surface area (Å²) in [7, 11) is 0. The number of carbonyl (C=O) groups is 2. The molecule has 6 N–H and O–H groups in total. The van der Waals surface area contributed by atoms with Gasteiger partial charge in [0.15, 0.2) is 0 Å². The number of aromatic carboxylic acids is 2. The average Bonchev–Trinajstić information content (AvgIpc) is 2.77. The van der Waals surface area contributed by atoms with E-state index in [0.29, 0.717) is 24.0 Å². The number of unbranched alkanes of at least 4 members (excludes halogenated alkanes) is 5. The van der Waals surface area contributed by atoms with Crippen LogP contribution in [0.5, 0.6) is 23.0 Å². The number of phenols is 4. The van der Waals surface area contributed by atoms with Crippen molar-refractivity contribution in [3.05, 3.63) is 46.5 Å². The molecule has 0 aliphatic carbocycles. The van der Waals surface area contributed by atoms with Gasteiger partial charge in [-0.3, -0.25) is 0 Å². The van der Waals surface area contributed by atoms with Gasteiger partial charge in [0.1, 0.15) is 34.1 Å². The van der Waals surface area contributed by atoms with Gasteiger partial charge in [-0.1, -0.05) is 59.8 Å². The van der Waals surface area contributed by atoms with Gasteiger partial charge in [0, 0.05) is 12.1 Å². The molecule has 2 aromatic rings. The van der Waals surface area contributed by atoms with Gasteiger partial charge < -0.3 is 30.6 Å². The van der Waals surface area contributed by atoms with Gasteiger partial charge in [0.25, 0.3) is 0 Å². The Balaban J connectivity index is 0.000000618. The van der Waals surface area contributed by atoms with Gasteiger partial charge in [-0.25, -0.2) is 9.59 Å². The standard InChI is InChI=1S/C13H18O4.C12H16O4.C2H6/c1-2-3-4-5-6-9-7-10(14)8-11(15)12(9)13(16)17;1-2-3-4-5-8-6-9(13)7-10(14)11(8)12(15)16;1-2/h7-8,14-15H,2-6H2,1H3,(H,16,17);6-7,13-14H,2-5H2,1H3,(H,15,16);1-2H3. The lowest BCUT2D eigenvalue weighted by Crippen LogP contribution is -2.03. The first-order valence-electron chi connectivity index (χ1n) is 12.2. The van der Waals surface area contributed by atoms with Crippen LogP contribution >= 0.6 is 0 Å². The van der Waals surface area contributed by atoms with Gasteiger partial charge >= 0.3 is 11.9 Å². The van der Waals surface area contributed by atoms with Crippen molar-refractivity contribution in [1.82, 2.24) is 0 Å². The second-order valence-electron chi connectivity index (χ2n) is 7.88. The summed E-state index contributed by atoms with van der Waals surface area (Å²) in [5.41, 5.74) is 0.776. The van der Waals surface area contributed by atoms with Crippen molar-refractivity contribution in [2.75, 3.05) is 0 Å². The highest BCUT2D eigenvalue weighted by Crippen LogP contribution is 2.29. The lowest BCUT2D eigenvalue weighted by atomic mass is 9.99. The molecule has 0 unspecified atom stereocenters. The molecule has 2 aromatic carbocycles. The molecular weight excluding hydrogens is 452 g/mol. The molecule has 0 atom stereocenters. The predicted octanol–water partition coefficient (Wildman–Crippen LogP) is 6.47. The van der Waals surface area contributed by atoms with E-state index in [1.807, 2.05) is 13.8 Å². The fraction of sp³-hybridized carbons (Fsp3) is 0.481. The largest absolute Gasteiger partial charge is 0.508 e. The highest BCUT2D eigenvalue weighted by molar-refractivity contribution is 5.93. The van der Waals surface area contributed by atoms with Crippen molar-refractivity contribution in [3.8, 4) is 23.0 Å². The van der Waals surface area contributed by atoms with E-state index in [4.69, 9.17) is 10.2 Å². The summed E-state index contributed by atoms with van der Waals surface area (Å²) in [5.74, 6) is -3.27. The molecule has 196 valence electrons. The van der Waals surface area contributed by atoms with Crippen LogP contribution in [0.25, 0.3) is 0 Å². The van der Waals surface area contributed by atoms with Crippen LogP contribution in [0.2, 0.25) is 0 Å². The van der Waals surface area contributed by atoms with Crippen molar-refractivity contribution in [3.63, 3.8) is 0 Å². The zero-order valence-electron chi connectivity index (χ0n) is 21.2. The Morgan fingerprint density at radius 1 is 0.600 bits per heavy atom. The van der Waals surface area contributed by atoms with Crippen molar-refractivity contribution >= 4 is 11.9 Å². The van der Waals surface area contributed by atoms with E-state index in [1.54, 1.807) is 0 Å². The Morgan fingerprint density at radius 2 is 0.943 bits per heavy atom. The van der Waals surface area contributed by atoms with Crippen LogP contribution < -0.4 is 0 Å². The summed E-state index contributed by atoms with van der Waals surface area (Å²) in [4.78, 5) is 21.9. The SMILES string of the molecule is CC.CCCCCCc1cc(O)cc(O)c1C(=O)O.CCCCCc1cc(O)cc(O)c1C(=O)O. The third-order valence-electron chi connectivity index (χ3n) is 5.15. The van der Waals surface area contributed by atoms with Crippen molar-refractivity contribution < 1.29 is 40.2 Å². The molecule has 8 nitrogen and oxygen atoms in total. The summed E-state index contributed by atoms with van der Waals surface area (Å²) < 4.78 is 0. The number of rotatable bonds is 11. The first-order chi connectivity index (χ1) is 16.6. The molecule has 0 saturated heterocycles. The highest BCUT2D eigenvalue weighted by Gasteiger charge is 2.17. The molecule has 8 heteroatoms.